The fourth-order valence-corrected chi connectivity index (χ4v) is 2.67. The molecule has 0 bridgehead atoms. The molecule has 1 rings (SSSR count). The van der Waals surface area contributed by atoms with E-state index in [0.29, 0.717) is 11.4 Å². The summed E-state index contributed by atoms with van der Waals surface area (Å²) in [5, 5.41) is 0. The first-order valence-corrected chi connectivity index (χ1v) is 8.05. The number of anilines is 2. The lowest BCUT2D eigenvalue weighted by atomic mass is 10.2. The van der Waals surface area contributed by atoms with Crippen molar-refractivity contribution in [3.63, 3.8) is 0 Å². The molecule has 0 aliphatic heterocycles. The van der Waals surface area contributed by atoms with Crippen LogP contribution in [0.4, 0.5) is 11.4 Å². The minimum Gasteiger partial charge on any atom is -0.465 e. The molecule has 7 nitrogen and oxygen atoms in total. The lowest BCUT2D eigenvalue weighted by Gasteiger charge is -2.17. The van der Waals surface area contributed by atoms with Crippen molar-refractivity contribution in [1.29, 1.82) is 0 Å². The van der Waals surface area contributed by atoms with Gasteiger partial charge in [0.25, 0.3) is 0 Å². The number of carbonyl (C=O) groups is 2. The number of carbonyl (C=O) groups excluding carboxylic acids is 2. The summed E-state index contributed by atoms with van der Waals surface area (Å²) in [5.74, 6) is -3.06. The van der Waals surface area contributed by atoms with E-state index < -0.39 is 33.2 Å². The van der Waals surface area contributed by atoms with Crippen LogP contribution in [0.3, 0.4) is 0 Å². The van der Waals surface area contributed by atoms with E-state index >= 15 is 0 Å². The Morgan fingerprint density at radius 1 is 1.19 bits per heavy atom. The third kappa shape index (κ3) is 5.42. The van der Waals surface area contributed by atoms with Gasteiger partial charge in [-0.25, -0.2) is 8.42 Å². The van der Waals surface area contributed by atoms with Gasteiger partial charge >= 0.3 is 5.97 Å². The topological polar surface area (TPSA) is 107 Å². The van der Waals surface area contributed by atoms with Crippen LogP contribution in [0.15, 0.2) is 24.3 Å². The maximum Gasteiger partial charge on any atom is 0.321 e. The molecule has 0 unspecified atom stereocenters. The lowest BCUT2D eigenvalue weighted by Crippen LogP contribution is -2.34. The van der Waals surface area contributed by atoms with Crippen molar-refractivity contribution in [3.05, 3.63) is 24.3 Å². The summed E-state index contributed by atoms with van der Waals surface area (Å²) in [6.07, 6.45) is 0. The molecule has 1 amide bonds. The van der Waals surface area contributed by atoms with Gasteiger partial charge in [0.2, 0.25) is 5.91 Å². The third-order valence-corrected chi connectivity index (χ3v) is 4.00. The van der Waals surface area contributed by atoms with Gasteiger partial charge in [-0.2, -0.15) is 0 Å². The Balaban J connectivity index is 2.71. The Labute approximate surface area is 123 Å². The zero-order chi connectivity index (χ0) is 16.0. The summed E-state index contributed by atoms with van der Waals surface area (Å²) in [6, 6.07) is 6.41. The first-order valence-electron chi connectivity index (χ1n) is 6.23. The second kappa shape index (κ2) is 7.07. The molecule has 0 spiro atoms. The molecular weight excluding hydrogens is 296 g/mol. The molecule has 8 heteroatoms. The van der Waals surface area contributed by atoms with Crippen LogP contribution in [-0.4, -0.2) is 45.5 Å². The van der Waals surface area contributed by atoms with Gasteiger partial charge in [0, 0.05) is 18.4 Å². The van der Waals surface area contributed by atoms with Crippen LogP contribution < -0.4 is 10.6 Å². The molecule has 0 aromatic heterocycles. The van der Waals surface area contributed by atoms with Crippen LogP contribution in [-0.2, 0) is 24.2 Å². The number of esters is 1. The summed E-state index contributed by atoms with van der Waals surface area (Å²) in [6.45, 7) is 1.66. The van der Waals surface area contributed by atoms with E-state index in [4.69, 9.17) is 5.73 Å². The van der Waals surface area contributed by atoms with Gasteiger partial charge in [-0.3, -0.25) is 9.59 Å². The Kier molecular flexibility index (Phi) is 5.71. The number of hydrogen-bond acceptors (Lipinski definition) is 6. The molecule has 0 aliphatic carbocycles. The number of benzene rings is 1. The maximum atomic E-state index is 11.9. The summed E-state index contributed by atoms with van der Waals surface area (Å²) in [5.41, 5.74) is 6.59. The minimum absolute atomic E-state index is 0.0909. The number of nitrogen functional groups attached to an aromatic ring is 1. The molecule has 21 heavy (non-hydrogen) atoms. The van der Waals surface area contributed by atoms with Crippen LogP contribution in [0, 0.1) is 0 Å². The van der Waals surface area contributed by atoms with E-state index in [1.165, 1.54) is 11.9 Å². The Bertz CT molecular complexity index is 610. The second-order valence-electron chi connectivity index (χ2n) is 4.38. The van der Waals surface area contributed by atoms with Crippen molar-refractivity contribution >= 4 is 33.1 Å². The standard InChI is InChI=1S/C13H18N2O5S/c1-3-20-13(17)9-21(18,19)8-12(16)15(2)11-6-4-10(14)5-7-11/h4-7H,3,8-9,14H2,1-2H3. The first-order chi connectivity index (χ1) is 9.75. The van der Waals surface area contributed by atoms with E-state index in [1.54, 1.807) is 31.2 Å². The summed E-state index contributed by atoms with van der Waals surface area (Å²) in [7, 11) is -2.40. The smallest absolute Gasteiger partial charge is 0.321 e. The molecular formula is C13H18N2O5S. The van der Waals surface area contributed by atoms with Crippen molar-refractivity contribution in [1.82, 2.24) is 0 Å². The van der Waals surface area contributed by atoms with E-state index in [9.17, 15) is 18.0 Å². The summed E-state index contributed by atoms with van der Waals surface area (Å²) in [4.78, 5) is 24.3. The average Bonchev–Trinajstić information content (AvgIpc) is 2.37. The predicted molar refractivity (Wildman–Crippen MR) is 79.6 cm³/mol. The predicted octanol–water partition coefficient (Wildman–Crippen LogP) is 0.210. The highest BCUT2D eigenvalue weighted by Crippen LogP contribution is 2.15. The zero-order valence-electron chi connectivity index (χ0n) is 11.9. The molecule has 0 fully saturated rings. The highest BCUT2D eigenvalue weighted by atomic mass is 32.2. The molecule has 1 aromatic carbocycles. The van der Waals surface area contributed by atoms with Crippen molar-refractivity contribution in [3.8, 4) is 0 Å². The molecule has 0 atom stereocenters. The molecule has 0 aliphatic rings. The Morgan fingerprint density at radius 2 is 1.76 bits per heavy atom. The highest BCUT2D eigenvalue weighted by Gasteiger charge is 2.24. The van der Waals surface area contributed by atoms with Crippen LogP contribution in [0.1, 0.15) is 6.92 Å². The van der Waals surface area contributed by atoms with Gasteiger partial charge in [-0.05, 0) is 31.2 Å². The molecule has 0 saturated heterocycles. The molecule has 116 valence electrons. The van der Waals surface area contributed by atoms with Crippen molar-refractivity contribution in [2.75, 3.05) is 35.8 Å². The first kappa shape index (κ1) is 17.0. The van der Waals surface area contributed by atoms with Gasteiger partial charge in [0.1, 0.15) is 11.5 Å². The molecule has 1 aromatic rings. The summed E-state index contributed by atoms with van der Waals surface area (Å²) < 4.78 is 28.1. The number of hydrogen-bond donors (Lipinski definition) is 1. The van der Waals surface area contributed by atoms with E-state index in [2.05, 4.69) is 4.74 Å². The molecule has 0 radical (unpaired) electrons. The second-order valence-corrected chi connectivity index (χ2v) is 6.45. The van der Waals surface area contributed by atoms with Crippen molar-refractivity contribution < 1.29 is 22.7 Å². The Hall–Kier alpha value is -2.09. The number of nitrogens with two attached hydrogens (primary N) is 1. The highest BCUT2D eigenvalue weighted by molar-refractivity contribution is 7.92. The average molecular weight is 314 g/mol. The van der Waals surface area contributed by atoms with Gasteiger partial charge in [-0.1, -0.05) is 0 Å². The maximum absolute atomic E-state index is 11.9. The largest absolute Gasteiger partial charge is 0.465 e. The van der Waals surface area contributed by atoms with Crippen LogP contribution >= 0.6 is 0 Å². The van der Waals surface area contributed by atoms with Gasteiger partial charge in [-0.15, -0.1) is 0 Å². The van der Waals surface area contributed by atoms with Crippen LogP contribution in [0.25, 0.3) is 0 Å². The van der Waals surface area contributed by atoms with Crippen LogP contribution in [0.2, 0.25) is 0 Å². The SMILES string of the molecule is CCOC(=O)CS(=O)(=O)CC(=O)N(C)c1ccc(N)cc1. The van der Waals surface area contributed by atoms with Gasteiger partial charge in [0.05, 0.1) is 6.61 Å². The van der Waals surface area contributed by atoms with E-state index in [1.807, 2.05) is 0 Å². The van der Waals surface area contributed by atoms with Crippen molar-refractivity contribution in [2.24, 2.45) is 0 Å². The van der Waals surface area contributed by atoms with E-state index in [-0.39, 0.29) is 6.61 Å². The fourth-order valence-electron chi connectivity index (χ4n) is 1.56. The Morgan fingerprint density at radius 3 is 2.29 bits per heavy atom. The quantitative estimate of drug-likeness (QED) is 0.594. The van der Waals surface area contributed by atoms with Crippen molar-refractivity contribution in [2.45, 2.75) is 6.92 Å². The monoisotopic (exact) mass is 314 g/mol. The van der Waals surface area contributed by atoms with E-state index in [0.717, 1.165) is 0 Å². The number of ether oxygens (including phenoxy) is 1. The fraction of sp³-hybridized carbons (Fsp3) is 0.385. The number of rotatable bonds is 6. The molecule has 2 N–H and O–H groups in total. The lowest BCUT2D eigenvalue weighted by molar-refractivity contribution is -0.139. The normalized spacial score (nSPS) is 11.0. The van der Waals surface area contributed by atoms with Gasteiger partial charge < -0.3 is 15.4 Å². The van der Waals surface area contributed by atoms with Crippen LogP contribution in [0.5, 0.6) is 0 Å². The number of sulfone groups is 1. The number of amides is 1. The molecule has 0 heterocycles. The zero-order valence-corrected chi connectivity index (χ0v) is 12.7. The number of nitrogens with zero attached hydrogens (tertiary/aromatic N) is 1. The van der Waals surface area contributed by atoms with Gasteiger partial charge in [0.15, 0.2) is 9.84 Å². The molecule has 0 saturated carbocycles. The third-order valence-electron chi connectivity index (χ3n) is 2.64. The summed E-state index contributed by atoms with van der Waals surface area (Å²) >= 11 is 0. The minimum atomic E-state index is -3.85.